The van der Waals surface area contributed by atoms with Gasteiger partial charge >= 0.3 is 11.9 Å². The molecule has 262 valence electrons. The zero-order chi connectivity index (χ0) is 32.4. The van der Waals surface area contributed by atoms with E-state index in [4.69, 9.17) is 32.4 Å². The second kappa shape index (κ2) is 34.6. The topological polar surface area (TPSA) is 157 Å². The monoisotopic (exact) mass is 627 g/mol. The molecule has 0 aliphatic carbocycles. The Morgan fingerprint density at radius 1 is 0.364 bits per heavy atom. The molecule has 0 bridgehead atoms. The molecular weight excluding hydrogens is 552 g/mol. The zero-order valence-electron chi connectivity index (χ0n) is 28.7. The SMILES string of the molecule is NCCCCCC(N)OC(=O)CCCCCCCCCCCCCCCCCCCCCCC(=O)OC(N)CCCCCN. The van der Waals surface area contributed by atoms with Crippen LogP contribution in [0.2, 0.25) is 0 Å². The van der Waals surface area contributed by atoms with E-state index in [9.17, 15) is 9.59 Å². The van der Waals surface area contributed by atoms with Crippen LogP contribution in [0.25, 0.3) is 0 Å². The Bertz CT molecular complexity index is 571. The number of esters is 2. The lowest BCUT2D eigenvalue weighted by Gasteiger charge is -2.12. The molecule has 0 aliphatic rings. The lowest BCUT2D eigenvalue weighted by molar-refractivity contribution is -0.150. The molecule has 0 spiro atoms. The second-order valence-corrected chi connectivity index (χ2v) is 12.9. The van der Waals surface area contributed by atoms with Crippen molar-refractivity contribution in [2.45, 2.75) is 205 Å². The average molecular weight is 627 g/mol. The summed E-state index contributed by atoms with van der Waals surface area (Å²) < 4.78 is 10.6. The lowest BCUT2D eigenvalue weighted by atomic mass is 10.0. The number of hydrogen-bond donors (Lipinski definition) is 4. The van der Waals surface area contributed by atoms with E-state index >= 15 is 0 Å². The van der Waals surface area contributed by atoms with Crippen LogP contribution in [0, 0.1) is 0 Å². The van der Waals surface area contributed by atoms with Crippen LogP contribution < -0.4 is 22.9 Å². The first kappa shape index (κ1) is 42.8. The zero-order valence-corrected chi connectivity index (χ0v) is 28.7. The molecule has 2 unspecified atom stereocenters. The largest absolute Gasteiger partial charge is 0.447 e. The molecular formula is C36H74N4O4. The van der Waals surface area contributed by atoms with Gasteiger partial charge in [-0.2, -0.15) is 0 Å². The lowest BCUT2D eigenvalue weighted by Crippen LogP contribution is -2.27. The van der Waals surface area contributed by atoms with E-state index in [0.29, 0.717) is 25.9 Å². The van der Waals surface area contributed by atoms with Gasteiger partial charge in [0.15, 0.2) is 12.5 Å². The van der Waals surface area contributed by atoms with Crippen LogP contribution in [0.15, 0.2) is 0 Å². The van der Waals surface area contributed by atoms with Crippen LogP contribution in [0.5, 0.6) is 0 Å². The van der Waals surface area contributed by atoms with E-state index in [1.807, 2.05) is 0 Å². The molecule has 0 heterocycles. The Balaban J connectivity index is 3.26. The van der Waals surface area contributed by atoms with E-state index in [1.165, 1.54) is 103 Å². The summed E-state index contributed by atoms with van der Waals surface area (Å²) in [5.74, 6) is -0.300. The molecule has 0 fully saturated rings. The van der Waals surface area contributed by atoms with Crippen molar-refractivity contribution in [3.8, 4) is 0 Å². The van der Waals surface area contributed by atoms with Crippen LogP contribution in [-0.4, -0.2) is 37.5 Å². The maximum Gasteiger partial charge on any atom is 0.307 e. The molecule has 8 heteroatoms. The molecule has 44 heavy (non-hydrogen) atoms. The highest BCUT2D eigenvalue weighted by molar-refractivity contribution is 5.69. The Morgan fingerprint density at radius 2 is 0.591 bits per heavy atom. The van der Waals surface area contributed by atoms with Crippen molar-refractivity contribution in [3.63, 3.8) is 0 Å². The highest BCUT2D eigenvalue weighted by Gasteiger charge is 2.10. The minimum atomic E-state index is -0.461. The molecule has 0 saturated heterocycles. The van der Waals surface area contributed by atoms with Crippen LogP contribution in [-0.2, 0) is 19.1 Å². The van der Waals surface area contributed by atoms with Gasteiger partial charge < -0.3 is 20.9 Å². The summed E-state index contributed by atoms with van der Waals surface area (Å²) >= 11 is 0. The van der Waals surface area contributed by atoms with E-state index in [1.54, 1.807) is 0 Å². The molecule has 8 nitrogen and oxygen atoms in total. The molecule has 0 aliphatic heterocycles. The van der Waals surface area contributed by atoms with Crippen LogP contribution >= 0.6 is 0 Å². The first-order valence-corrected chi connectivity index (χ1v) is 18.8. The molecule has 0 amide bonds. The van der Waals surface area contributed by atoms with Crippen molar-refractivity contribution >= 4 is 11.9 Å². The number of ether oxygens (including phenoxy) is 2. The third-order valence-electron chi connectivity index (χ3n) is 8.46. The quantitative estimate of drug-likeness (QED) is 0.0311. The van der Waals surface area contributed by atoms with Gasteiger partial charge in [0.25, 0.3) is 0 Å². The van der Waals surface area contributed by atoms with Gasteiger partial charge in [0.05, 0.1) is 0 Å². The first-order chi connectivity index (χ1) is 21.5. The number of carbonyl (C=O) groups is 2. The van der Waals surface area contributed by atoms with Gasteiger partial charge in [0, 0.05) is 12.8 Å². The molecule has 0 aromatic rings. The Kier molecular flexibility index (Phi) is 33.7. The third kappa shape index (κ3) is 33.7. The van der Waals surface area contributed by atoms with Gasteiger partial charge in [0.2, 0.25) is 0 Å². The molecule has 0 saturated carbocycles. The number of carbonyl (C=O) groups excluding carboxylic acids is 2. The number of unbranched alkanes of at least 4 members (excludes halogenated alkanes) is 23. The Morgan fingerprint density at radius 3 is 0.841 bits per heavy atom. The molecule has 0 radical (unpaired) electrons. The smallest absolute Gasteiger partial charge is 0.307 e. The number of hydrogen-bond acceptors (Lipinski definition) is 8. The standard InChI is InChI=1S/C36H74N4O4/c37-31-25-19-21-27-33(39)43-35(41)29-23-17-15-13-11-9-7-5-3-1-2-4-6-8-10-12-14-16-18-24-30-36(42)44-34(40)28-22-20-26-32-38/h33-34H,1-32,37-40H2. The molecule has 0 rings (SSSR count). The normalized spacial score (nSPS) is 12.7. The molecule has 8 N–H and O–H groups in total. The Labute approximate surface area is 271 Å². The predicted octanol–water partition coefficient (Wildman–Crippen LogP) is 8.26. The molecule has 0 aromatic heterocycles. The van der Waals surface area contributed by atoms with E-state index in [-0.39, 0.29) is 11.9 Å². The summed E-state index contributed by atoms with van der Waals surface area (Å²) in [6, 6.07) is 0. The summed E-state index contributed by atoms with van der Waals surface area (Å²) in [5, 5.41) is 0. The van der Waals surface area contributed by atoms with E-state index < -0.39 is 12.5 Å². The summed E-state index contributed by atoms with van der Waals surface area (Å²) in [4.78, 5) is 23.7. The minimum Gasteiger partial charge on any atom is -0.447 e. The summed E-state index contributed by atoms with van der Waals surface area (Å²) in [6.45, 7) is 1.41. The predicted molar refractivity (Wildman–Crippen MR) is 185 cm³/mol. The summed E-state index contributed by atoms with van der Waals surface area (Å²) in [6.07, 6.45) is 32.8. The van der Waals surface area contributed by atoms with Gasteiger partial charge in [-0.1, -0.05) is 128 Å². The third-order valence-corrected chi connectivity index (χ3v) is 8.46. The summed E-state index contributed by atoms with van der Waals surface area (Å²) in [5.41, 5.74) is 22.7. The van der Waals surface area contributed by atoms with Gasteiger partial charge in [0.1, 0.15) is 0 Å². The van der Waals surface area contributed by atoms with Crippen molar-refractivity contribution in [3.05, 3.63) is 0 Å². The van der Waals surface area contributed by atoms with Gasteiger partial charge in [-0.25, -0.2) is 0 Å². The highest BCUT2D eigenvalue weighted by atomic mass is 16.6. The van der Waals surface area contributed by atoms with E-state index in [0.717, 1.165) is 77.0 Å². The van der Waals surface area contributed by atoms with E-state index in [2.05, 4.69) is 0 Å². The second-order valence-electron chi connectivity index (χ2n) is 12.9. The fourth-order valence-corrected chi connectivity index (χ4v) is 5.63. The average Bonchev–Trinajstić information content (AvgIpc) is 3.00. The molecule has 2 atom stereocenters. The van der Waals surface area contributed by atoms with Crippen molar-refractivity contribution in [1.82, 2.24) is 0 Å². The number of nitrogens with two attached hydrogens (primary N) is 4. The first-order valence-electron chi connectivity index (χ1n) is 18.8. The fraction of sp³-hybridized carbons (Fsp3) is 0.944. The van der Waals surface area contributed by atoms with Crippen LogP contribution in [0.3, 0.4) is 0 Å². The molecule has 0 aromatic carbocycles. The van der Waals surface area contributed by atoms with Crippen molar-refractivity contribution in [2.75, 3.05) is 13.1 Å². The van der Waals surface area contributed by atoms with Crippen molar-refractivity contribution in [2.24, 2.45) is 22.9 Å². The fourth-order valence-electron chi connectivity index (χ4n) is 5.63. The number of rotatable bonds is 35. The van der Waals surface area contributed by atoms with Crippen molar-refractivity contribution in [1.29, 1.82) is 0 Å². The Hall–Kier alpha value is -1.22. The maximum atomic E-state index is 11.9. The van der Waals surface area contributed by atoms with Gasteiger partial charge in [-0.15, -0.1) is 0 Å². The van der Waals surface area contributed by atoms with Gasteiger partial charge in [-0.05, 0) is 64.5 Å². The summed E-state index contributed by atoms with van der Waals surface area (Å²) in [7, 11) is 0. The van der Waals surface area contributed by atoms with Crippen LogP contribution in [0.1, 0.15) is 193 Å². The van der Waals surface area contributed by atoms with Crippen molar-refractivity contribution < 1.29 is 19.1 Å². The highest BCUT2D eigenvalue weighted by Crippen LogP contribution is 2.16. The van der Waals surface area contributed by atoms with Crippen LogP contribution in [0.4, 0.5) is 0 Å². The maximum absolute atomic E-state index is 11.9. The van der Waals surface area contributed by atoms with Gasteiger partial charge in [-0.3, -0.25) is 21.1 Å². The minimum absolute atomic E-state index is 0.150.